The van der Waals surface area contributed by atoms with Crippen molar-refractivity contribution in [1.29, 1.82) is 0 Å². The van der Waals surface area contributed by atoms with Crippen LogP contribution < -0.4 is 10.0 Å². The number of piperidine rings is 1. The lowest BCUT2D eigenvalue weighted by Gasteiger charge is -2.26. The molecule has 1 saturated heterocycles. The maximum absolute atomic E-state index is 13.0. The van der Waals surface area contributed by atoms with Crippen LogP contribution in [0.3, 0.4) is 0 Å². The van der Waals surface area contributed by atoms with Gasteiger partial charge in [-0.15, -0.1) is 0 Å². The summed E-state index contributed by atoms with van der Waals surface area (Å²) in [7, 11) is -7.59. The van der Waals surface area contributed by atoms with Gasteiger partial charge in [-0.2, -0.15) is 4.31 Å². The van der Waals surface area contributed by atoms with Crippen LogP contribution in [0.15, 0.2) is 70.5 Å². The van der Waals surface area contributed by atoms with Gasteiger partial charge in [0.2, 0.25) is 10.0 Å². The van der Waals surface area contributed by atoms with Gasteiger partial charge < -0.3 is 5.32 Å². The molecule has 2 N–H and O–H groups in total. The molecule has 0 radical (unpaired) electrons. The van der Waals surface area contributed by atoms with E-state index in [1.165, 1.54) is 46.8 Å². The SMILES string of the molecule is Cc1cccc(C)c1NS(=O)(=O)c1ccc(NC(=O)c2cc(S(=O)(=O)N3CCCCC3)ccc2Cl)cc1. The molecule has 0 unspecified atom stereocenters. The van der Waals surface area contributed by atoms with Crippen molar-refractivity contribution < 1.29 is 21.6 Å². The van der Waals surface area contributed by atoms with E-state index in [1.54, 1.807) is 0 Å². The van der Waals surface area contributed by atoms with E-state index in [9.17, 15) is 21.6 Å². The maximum atomic E-state index is 13.0. The average molecular weight is 562 g/mol. The highest BCUT2D eigenvalue weighted by Crippen LogP contribution is 2.27. The topological polar surface area (TPSA) is 113 Å². The number of rotatable bonds is 7. The van der Waals surface area contributed by atoms with Crippen LogP contribution in [-0.2, 0) is 20.0 Å². The fourth-order valence-electron chi connectivity index (χ4n) is 4.18. The highest BCUT2D eigenvalue weighted by molar-refractivity contribution is 7.92. The molecule has 11 heteroatoms. The standard InChI is InChI=1S/C26H28ClN3O5S2/c1-18-7-6-8-19(2)25(18)29-36(32,33)21-11-9-20(10-12-21)28-26(31)23-17-22(13-14-24(23)27)37(34,35)30-15-4-3-5-16-30/h6-14,17,29H,3-5,15-16H2,1-2H3,(H,28,31). The third-order valence-corrected chi connectivity index (χ3v) is 9.87. The van der Waals surface area contributed by atoms with Gasteiger partial charge in [-0.1, -0.05) is 36.2 Å². The Morgan fingerprint density at radius 3 is 2.05 bits per heavy atom. The largest absolute Gasteiger partial charge is 0.322 e. The lowest BCUT2D eigenvalue weighted by Crippen LogP contribution is -2.35. The molecule has 0 aliphatic carbocycles. The van der Waals surface area contributed by atoms with Gasteiger partial charge in [0.25, 0.3) is 15.9 Å². The predicted molar refractivity (Wildman–Crippen MR) is 145 cm³/mol. The fraction of sp³-hybridized carbons (Fsp3) is 0.269. The first kappa shape index (κ1) is 27.1. The Morgan fingerprint density at radius 2 is 1.43 bits per heavy atom. The number of halogens is 1. The quantitative estimate of drug-likeness (QED) is 0.412. The maximum Gasteiger partial charge on any atom is 0.261 e. The Labute approximate surface area is 222 Å². The summed E-state index contributed by atoms with van der Waals surface area (Å²) in [6.07, 6.45) is 2.58. The summed E-state index contributed by atoms with van der Waals surface area (Å²) in [5, 5.41) is 2.76. The van der Waals surface area contributed by atoms with Gasteiger partial charge in [0.15, 0.2) is 0 Å². The van der Waals surface area contributed by atoms with Gasteiger partial charge in [0.1, 0.15) is 0 Å². The molecule has 1 aliphatic rings. The number of nitrogens with one attached hydrogen (secondary N) is 2. The second kappa shape index (κ2) is 10.8. The highest BCUT2D eigenvalue weighted by Gasteiger charge is 2.27. The predicted octanol–water partition coefficient (Wildman–Crippen LogP) is 5.18. The van der Waals surface area contributed by atoms with Gasteiger partial charge in [-0.05, 0) is 80.3 Å². The Balaban J connectivity index is 1.52. The second-order valence-corrected chi connectivity index (χ2v) is 13.0. The molecule has 1 aliphatic heterocycles. The van der Waals surface area contributed by atoms with Crippen molar-refractivity contribution in [3.8, 4) is 0 Å². The first-order valence-electron chi connectivity index (χ1n) is 11.8. The van der Waals surface area contributed by atoms with Crippen molar-refractivity contribution in [2.24, 2.45) is 0 Å². The number of aryl methyl sites for hydroxylation is 2. The van der Waals surface area contributed by atoms with Crippen LogP contribution in [-0.4, -0.2) is 40.1 Å². The number of para-hydroxylation sites is 1. The summed E-state index contributed by atoms with van der Waals surface area (Å²) in [5.74, 6) is -0.607. The number of nitrogens with zero attached hydrogens (tertiary/aromatic N) is 1. The number of amides is 1. The van der Waals surface area contributed by atoms with Crippen molar-refractivity contribution in [1.82, 2.24) is 4.31 Å². The van der Waals surface area contributed by atoms with Crippen LogP contribution in [0.1, 0.15) is 40.7 Å². The molecular weight excluding hydrogens is 534 g/mol. The first-order valence-corrected chi connectivity index (χ1v) is 15.1. The van der Waals surface area contributed by atoms with Crippen molar-refractivity contribution in [2.75, 3.05) is 23.1 Å². The highest BCUT2D eigenvalue weighted by atomic mass is 35.5. The van der Waals surface area contributed by atoms with E-state index in [4.69, 9.17) is 11.6 Å². The van der Waals surface area contributed by atoms with Crippen LogP contribution in [0.4, 0.5) is 11.4 Å². The summed E-state index contributed by atoms with van der Waals surface area (Å²) >= 11 is 6.22. The lowest BCUT2D eigenvalue weighted by molar-refractivity contribution is 0.102. The minimum Gasteiger partial charge on any atom is -0.322 e. The number of carbonyl (C=O) groups excluding carboxylic acids is 1. The molecule has 1 heterocycles. The normalized spacial score (nSPS) is 14.8. The Morgan fingerprint density at radius 1 is 0.838 bits per heavy atom. The van der Waals surface area contributed by atoms with E-state index < -0.39 is 26.0 Å². The van der Waals surface area contributed by atoms with Crippen LogP contribution in [0.25, 0.3) is 0 Å². The molecule has 196 valence electrons. The molecule has 0 aromatic heterocycles. The summed E-state index contributed by atoms with van der Waals surface area (Å²) in [5.41, 5.74) is 2.46. The number of carbonyl (C=O) groups is 1. The molecular formula is C26H28ClN3O5S2. The minimum atomic E-state index is -3.85. The van der Waals surface area contributed by atoms with Gasteiger partial charge in [-0.3, -0.25) is 9.52 Å². The molecule has 0 spiro atoms. The minimum absolute atomic E-state index is 0.00274. The first-order chi connectivity index (χ1) is 17.5. The number of hydrogen-bond donors (Lipinski definition) is 2. The zero-order chi connectivity index (χ0) is 26.8. The molecule has 4 rings (SSSR count). The molecule has 3 aromatic rings. The van der Waals surface area contributed by atoms with Crippen molar-refractivity contribution >= 4 is 48.9 Å². The summed E-state index contributed by atoms with van der Waals surface area (Å²) in [4.78, 5) is 13.0. The summed E-state index contributed by atoms with van der Waals surface area (Å²) in [6, 6.07) is 15.2. The molecule has 1 fully saturated rings. The monoisotopic (exact) mass is 561 g/mol. The number of benzene rings is 3. The zero-order valence-electron chi connectivity index (χ0n) is 20.5. The van der Waals surface area contributed by atoms with E-state index >= 15 is 0 Å². The Kier molecular flexibility index (Phi) is 7.94. The number of sulfonamides is 2. The molecule has 1 amide bonds. The molecule has 0 atom stereocenters. The van der Waals surface area contributed by atoms with Gasteiger partial charge in [-0.25, -0.2) is 16.8 Å². The fourth-order valence-corrected chi connectivity index (χ4v) is 7.13. The van der Waals surface area contributed by atoms with E-state index in [2.05, 4.69) is 10.0 Å². The van der Waals surface area contributed by atoms with Gasteiger partial charge in [0, 0.05) is 18.8 Å². The summed E-state index contributed by atoms with van der Waals surface area (Å²) < 4.78 is 55.9. The van der Waals surface area contributed by atoms with E-state index in [0.717, 1.165) is 30.4 Å². The van der Waals surface area contributed by atoms with E-state index in [0.29, 0.717) is 24.5 Å². The van der Waals surface area contributed by atoms with Crippen LogP contribution in [0.5, 0.6) is 0 Å². The number of anilines is 2. The van der Waals surface area contributed by atoms with E-state index in [1.807, 2.05) is 32.0 Å². The third-order valence-electron chi connectivity index (χ3n) is 6.28. The molecule has 37 heavy (non-hydrogen) atoms. The smallest absolute Gasteiger partial charge is 0.261 e. The summed E-state index contributed by atoms with van der Waals surface area (Å²) in [6.45, 7) is 4.53. The average Bonchev–Trinajstić information content (AvgIpc) is 2.87. The second-order valence-electron chi connectivity index (χ2n) is 8.96. The molecule has 0 bridgehead atoms. The van der Waals surface area contributed by atoms with Crippen molar-refractivity contribution in [3.63, 3.8) is 0 Å². The third kappa shape index (κ3) is 5.98. The van der Waals surface area contributed by atoms with Gasteiger partial charge >= 0.3 is 0 Å². The van der Waals surface area contributed by atoms with E-state index in [-0.39, 0.29) is 20.4 Å². The Hall–Kier alpha value is -2.92. The van der Waals surface area contributed by atoms with Gasteiger partial charge in [0.05, 0.1) is 26.1 Å². The molecule has 0 saturated carbocycles. The zero-order valence-corrected chi connectivity index (χ0v) is 22.9. The van der Waals surface area contributed by atoms with Crippen molar-refractivity contribution in [2.45, 2.75) is 42.9 Å². The molecule has 3 aromatic carbocycles. The lowest BCUT2D eigenvalue weighted by atomic mass is 10.1. The Bertz CT molecular complexity index is 1510. The van der Waals surface area contributed by atoms with Crippen molar-refractivity contribution in [3.05, 3.63) is 82.4 Å². The van der Waals surface area contributed by atoms with Crippen LogP contribution in [0, 0.1) is 13.8 Å². The van der Waals surface area contributed by atoms with Crippen LogP contribution in [0.2, 0.25) is 5.02 Å². The van der Waals surface area contributed by atoms with Crippen LogP contribution >= 0.6 is 11.6 Å². The molecule has 8 nitrogen and oxygen atoms in total. The number of hydrogen-bond acceptors (Lipinski definition) is 5.